The third kappa shape index (κ3) is 1.48. The van der Waals surface area contributed by atoms with Crippen molar-refractivity contribution in [2.45, 2.75) is 52.2 Å². The average molecular weight is 211 g/mol. The molecule has 1 aliphatic heterocycles. The summed E-state index contributed by atoms with van der Waals surface area (Å²) >= 11 is 1.80. The third-order valence-electron chi connectivity index (χ3n) is 2.47. The summed E-state index contributed by atoms with van der Waals surface area (Å²) in [7, 11) is 0. The van der Waals surface area contributed by atoms with Gasteiger partial charge in [-0.05, 0) is 13.8 Å². The fourth-order valence-electron chi connectivity index (χ4n) is 1.56. The van der Waals surface area contributed by atoms with Gasteiger partial charge in [0.05, 0.1) is 22.2 Å². The summed E-state index contributed by atoms with van der Waals surface area (Å²) in [6, 6.07) is 0. The Hall–Kier alpha value is -0.410. The summed E-state index contributed by atoms with van der Waals surface area (Å²) < 4.78 is 5.67. The molecular weight excluding hydrogens is 194 g/mol. The topological polar surface area (TPSA) is 22.1 Å². The summed E-state index contributed by atoms with van der Waals surface area (Å²) in [6.45, 7) is 11.5. The number of nitrogens with zero attached hydrogens (tertiary/aromatic N) is 1. The molecule has 0 amide bonds. The number of aromatic nitrogens is 1. The van der Waals surface area contributed by atoms with Crippen LogP contribution >= 0.6 is 11.3 Å². The van der Waals surface area contributed by atoms with Crippen LogP contribution in [0.15, 0.2) is 0 Å². The molecule has 1 aromatic rings. The highest BCUT2D eigenvalue weighted by molar-refractivity contribution is 7.11. The largest absolute Gasteiger partial charge is 0.364 e. The normalized spacial score (nSPS) is 19.8. The summed E-state index contributed by atoms with van der Waals surface area (Å²) in [6.07, 6.45) is 0. The minimum absolute atomic E-state index is 0.158. The molecule has 0 saturated heterocycles. The van der Waals surface area contributed by atoms with Crippen molar-refractivity contribution in [2.24, 2.45) is 0 Å². The summed E-state index contributed by atoms with van der Waals surface area (Å²) in [4.78, 5) is 6.01. The second-order valence-electron chi connectivity index (χ2n) is 5.34. The number of ether oxygens (including phenoxy) is 1. The van der Waals surface area contributed by atoms with Gasteiger partial charge in [0.2, 0.25) is 0 Å². The van der Waals surface area contributed by atoms with Crippen molar-refractivity contribution >= 4 is 11.3 Å². The minimum Gasteiger partial charge on any atom is -0.364 e. The molecular formula is C11H17NOS. The van der Waals surface area contributed by atoms with Gasteiger partial charge in [-0.2, -0.15) is 0 Å². The predicted octanol–water partition coefficient (Wildman–Crippen LogP) is 3.21. The number of hydrogen-bond acceptors (Lipinski definition) is 3. The lowest BCUT2D eigenvalue weighted by molar-refractivity contribution is -0.0101. The lowest BCUT2D eigenvalue weighted by Crippen LogP contribution is -2.18. The molecule has 3 heteroatoms. The molecule has 0 N–H and O–H groups in total. The zero-order chi connectivity index (χ0) is 10.6. The second-order valence-corrected chi connectivity index (χ2v) is 6.42. The summed E-state index contributed by atoms with van der Waals surface area (Å²) in [5.41, 5.74) is 1.12. The van der Waals surface area contributed by atoms with E-state index >= 15 is 0 Å². The molecule has 0 bridgehead atoms. The lowest BCUT2D eigenvalue weighted by atomic mass is 9.98. The first-order chi connectivity index (χ1) is 6.31. The molecule has 0 atom stereocenters. The van der Waals surface area contributed by atoms with E-state index in [0.29, 0.717) is 0 Å². The summed E-state index contributed by atoms with van der Waals surface area (Å²) in [5, 5.41) is 1.22. The van der Waals surface area contributed by atoms with Crippen molar-refractivity contribution in [3.63, 3.8) is 0 Å². The van der Waals surface area contributed by atoms with Crippen LogP contribution in [0.1, 0.15) is 50.2 Å². The maximum atomic E-state index is 5.67. The first kappa shape index (κ1) is 10.1. The Kier molecular flexibility index (Phi) is 2.02. The maximum Gasteiger partial charge on any atom is 0.106 e. The van der Waals surface area contributed by atoms with Crippen LogP contribution in [0.3, 0.4) is 0 Å². The molecule has 0 unspecified atom stereocenters. The van der Waals surface area contributed by atoms with Gasteiger partial charge in [-0.15, -0.1) is 11.3 Å². The maximum absolute atomic E-state index is 5.67. The van der Waals surface area contributed by atoms with Gasteiger partial charge in [-0.1, -0.05) is 20.8 Å². The van der Waals surface area contributed by atoms with Gasteiger partial charge in [0.25, 0.3) is 0 Å². The van der Waals surface area contributed by atoms with Gasteiger partial charge in [0.15, 0.2) is 0 Å². The second kappa shape index (κ2) is 2.80. The van der Waals surface area contributed by atoms with Crippen molar-refractivity contribution in [2.75, 3.05) is 0 Å². The number of rotatable bonds is 0. The van der Waals surface area contributed by atoms with E-state index in [-0.39, 0.29) is 11.0 Å². The van der Waals surface area contributed by atoms with Crippen molar-refractivity contribution in [3.8, 4) is 0 Å². The van der Waals surface area contributed by atoms with Gasteiger partial charge in [0.1, 0.15) is 5.60 Å². The number of hydrogen-bond donors (Lipinski definition) is 0. The molecule has 14 heavy (non-hydrogen) atoms. The molecule has 0 fully saturated rings. The van der Waals surface area contributed by atoms with E-state index in [2.05, 4.69) is 34.6 Å². The number of thiazole rings is 1. The van der Waals surface area contributed by atoms with Crippen LogP contribution in [0.2, 0.25) is 0 Å². The van der Waals surface area contributed by atoms with Crippen molar-refractivity contribution in [3.05, 3.63) is 15.6 Å². The zero-order valence-corrected chi connectivity index (χ0v) is 10.3. The Labute approximate surface area is 89.3 Å². The third-order valence-corrected chi connectivity index (χ3v) is 3.93. The molecule has 0 aromatic carbocycles. The Morgan fingerprint density at radius 2 is 2.00 bits per heavy atom. The van der Waals surface area contributed by atoms with E-state index in [1.165, 1.54) is 9.88 Å². The highest BCUT2D eigenvalue weighted by Gasteiger charge is 2.36. The van der Waals surface area contributed by atoms with E-state index in [4.69, 9.17) is 9.72 Å². The Bertz CT molecular complexity index is 360. The van der Waals surface area contributed by atoms with Crippen LogP contribution in [0, 0.1) is 0 Å². The Balaban J connectivity index is 2.45. The monoisotopic (exact) mass is 211 g/mol. The van der Waals surface area contributed by atoms with E-state index in [0.717, 1.165) is 12.3 Å². The van der Waals surface area contributed by atoms with Crippen LogP contribution in [0.5, 0.6) is 0 Å². The van der Waals surface area contributed by atoms with Crippen LogP contribution in [-0.2, 0) is 22.4 Å². The smallest absolute Gasteiger partial charge is 0.106 e. The molecule has 0 saturated carbocycles. The van der Waals surface area contributed by atoms with Gasteiger partial charge >= 0.3 is 0 Å². The quantitative estimate of drug-likeness (QED) is 0.657. The molecule has 0 radical (unpaired) electrons. The highest BCUT2D eigenvalue weighted by Crippen LogP contribution is 2.41. The highest BCUT2D eigenvalue weighted by atomic mass is 32.1. The molecule has 78 valence electrons. The van der Waals surface area contributed by atoms with Crippen molar-refractivity contribution in [1.29, 1.82) is 0 Å². The molecule has 1 aromatic heterocycles. The number of fused-ring (bicyclic) bond motifs is 1. The first-order valence-electron chi connectivity index (χ1n) is 4.95. The zero-order valence-electron chi connectivity index (χ0n) is 9.47. The van der Waals surface area contributed by atoms with Gasteiger partial charge in [0, 0.05) is 5.41 Å². The van der Waals surface area contributed by atoms with E-state index in [1.54, 1.807) is 11.3 Å². The van der Waals surface area contributed by atoms with Crippen LogP contribution in [0.25, 0.3) is 0 Å². The van der Waals surface area contributed by atoms with Crippen LogP contribution < -0.4 is 0 Å². The van der Waals surface area contributed by atoms with Gasteiger partial charge < -0.3 is 4.74 Å². The molecule has 2 nitrogen and oxygen atoms in total. The minimum atomic E-state index is -0.185. The fraction of sp³-hybridized carbons (Fsp3) is 0.727. The standard InChI is InChI=1S/C11H17NOS/c1-10(2,3)9-12-8-7(14-9)6-13-11(8,4)5/h6H2,1-5H3. The van der Waals surface area contributed by atoms with E-state index in [9.17, 15) is 0 Å². The lowest BCUT2D eigenvalue weighted by Gasteiger charge is -2.18. The molecule has 0 spiro atoms. The van der Waals surface area contributed by atoms with E-state index < -0.39 is 0 Å². The molecule has 1 aliphatic rings. The van der Waals surface area contributed by atoms with E-state index in [1.807, 2.05) is 0 Å². The molecule has 2 heterocycles. The predicted molar refractivity (Wildman–Crippen MR) is 58.6 cm³/mol. The average Bonchev–Trinajstić information content (AvgIpc) is 2.51. The molecule has 2 rings (SSSR count). The van der Waals surface area contributed by atoms with Crippen molar-refractivity contribution < 1.29 is 4.74 Å². The Morgan fingerprint density at radius 3 is 2.50 bits per heavy atom. The SMILES string of the molecule is CC(C)(C)c1nc2c(s1)COC2(C)C. The summed E-state index contributed by atoms with van der Waals surface area (Å²) in [5.74, 6) is 0. The van der Waals surface area contributed by atoms with Crippen LogP contribution in [-0.4, -0.2) is 4.98 Å². The first-order valence-corrected chi connectivity index (χ1v) is 5.77. The van der Waals surface area contributed by atoms with Gasteiger partial charge in [-0.25, -0.2) is 4.98 Å². The Morgan fingerprint density at radius 1 is 1.36 bits per heavy atom. The molecule has 0 aliphatic carbocycles. The fourth-order valence-corrected chi connectivity index (χ4v) is 2.74. The van der Waals surface area contributed by atoms with Crippen molar-refractivity contribution in [1.82, 2.24) is 4.98 Å². The van der Waals surface area contributed by atoms with Crippen LogP contribution in [0.4, 0.5) is 0 Å². The van der Waals surface area contributed by atoms with Gasteiger partial charge in [-0.3, -0.25) is 0 Å².